The van der Waals surface area contributed by atoms with Gasteiger partial charge in [-0.3, -0.25) is 0 Å². The Labute approximate surface area is 124 Å². The fourth-order valence-electron chi connectivity index (χ4n) is 1.79. The molecule has 0 aromatic heterocycles. The molecule has 1 nitrogen and oxygen atoms in total. The second kappa shape index (κ2) is 6.99. The standard InChI is InChI=1S/C16H18ClNS/c1-2-16(18)13-5-9-15(10-6-13)19-11-12-3-7-14(17)8-4-12/h3-10,16H,2,11,18H2,1H3. The molecule has 1 atom stereocenters. The van der Waals surface area contributed by atoms with E-state index >= 15 is 0 Å². The van der Waals surface area contributed by atoms with E-state index in [1.807, 2.05) is 23.9 Å². The van der Waals surface area contributed by atoms with Crippen LogP contribution in [0.2, 0.25) is 5.02 Å². The van der Waals surface area contributed by atoms with Crippen molar-refractivity contribution in [1.82, 2.24) is 0 Å². The third-order valence-corrected chi connectivity index (χ3v) is 4.40. The first-order valence-electron chi connectivity index (χ1n) is 6.42. The van der Waals surface area contributed by atoms with Crippen LogP contribution < -0.4 is 5.73 Å². The van der Waals surface area contributed by atoms with Gasteiger partial charge in [0, 0.05) is 21.7 Å². The molecule has 1 unspecified atom stereocenters. The summed E-state index contributed by atoms with van der Waals surface area (Å²) in [7, 11) is 0. The number of hydrogen-bond donors (Lipinski definition) is 1. The molecule has 100 valence electrons. The van der Waals surface area contributed by atoms with Crippen LogP contribution in [-0.2, 0) is 5.75 Å². The third-order valence-electron chi connectivity index (χ3n) is 3.07. The Kier molecular flexibility index (Phi) is 5.32. The highest BCUT2D eigenvalue weighted by Crippen LogP contribution is 2.25. The number of benzene rings is 2. The van der Waals surface area contributed by atoms with Crippen LogP contribution in [0.25, 0.3) is 0 Å². The highest BCUT2D eigenvalue weighted by molar-refractivity contribution is 7.98. The Bertz CT molecular complexity index is 507. The summed E-state index contributed by atoms with van der Waals surface area (Å²) in [5.74, 6) is 0.955. The summed E-state index contributed by atoms with van der Waals surface area (Å²) in [6.45, 7) is 2.11. The van der Waals surface area contributed by atoms with Crippen molar-refractivity contribution in [1.29, 1.82) is 0 Å². The molecular weight excluding hydrogens is 274 g/mol. The molecule has 0 saturated carbocycles. The smallest absolute Gasteiger partial charge is 0.0406 e. The van der Waals surface area contributed by atoms with E-state index in [1.54, 1.807) is 0 Å². The van der Waals surface area contributed by atoms with Crippen molar-refractivity contribution >= 4 is 23.4 Å². The highest BCUT2D eigenvalue weighted by Gasteiger charge is 2.03. The summed E-state index contributed by atoms with van der Waals surface area (Å²) in [5.41, 5.74) is 8.49. The van der Waals surface area contributed by atoms with Crippen LogP contribution in [-0.4, -0.2) is 0 Å². The molecule has 2 rings (SSSR count). The summed E-state index contributed by atoms with van der Waals surface area (Å²) < 4.78 is 0. The Morgan fingerprint density at radius 2 is 1.68 bits per heavy atom. The fraction of sp³-hybridized carbons (Fsp3) is 0.250. The van der Waals surface area contributed by atoms with E-state index in [-0.39, 0.29) is 6.04 Å². The van der Waals surface area contributed by atoms with Crippen LogP contribution in [0.3, 0.4) is 0 Å². The van der Waals surface area contributed by atoms with Crippen molar-refractivity contribution in [3.05, 3.63) is 64.7 Å². The maximum absolute atomic E-state index is 6.00. The molecule has 0 aliphatic rings. The molecule has 0 spiro atoms. The molecule has 0 amide bonds. The maximum atomic E-state index is 6.00. The monoisotopic (exact) mass is 291 g/mol. The van der Waals surface area contributed by atoms with Gasteiger partial charge in [-0.15, -0.1) is 11.8 Å². The molecule has 0 aliphatic carbocycles. The first kappa shape index (κ1) is 14.4. The van der Waals surface area contributed by atoms with Crippen LogP contribution in [0.5, 0.6) is 0 Å². The van der Waals surface area contributed by atoms with E-state index in [4.69, 9.17) is 17.3 Å². The molecule has 19 heavy (non-hydrogen) atoms. The summed E-state index contributed by atoms with van der Waals surface area (Å²) in [5, 5.41) is 0.784. The molecule has 2 aromatic carbocycles. The van der Waals surface area contributed by atoms with Gasteiger partial charge >= 0.3 is 0 Å². The van der Waals surface area contributed by atoms with E-state index < -0.39 is 0 Å². The Balaban J connectivity index is 1.94. The van der Waals surface area contributed by atoms with Gasteiger partial charge < -0.3 is 5.73 Å². The first-order chi connectivity index (χ1) is 9.19. The Morgan fingerprint density at radius 1 is 1.05 bits per heavy atom. The van der Waals surface area contributed by atoms with Gasteiger partial charge in [-0.25, -0.2) is 0 Å². The van der Waals surface area contributed by atoms with Crippen molar-refractivity contribution in [2.24, 2.45) is 5.73 Å². The number of thioether (sulfide) groups is 1. The average Bonchev–Trinajstić information content (AvgIpc) is 2.46. The minimum absolute atomic E-state index is 0.148. The normalized spacial score (nSPS) is 12.4. The second-order valence-electron chi connectivity index (χ2n) is 4.50. The SMILES string of the molecule is CCC(N)c1ccc(SCc2ccc(Cl)cc2)cc1. The zero-order valence-electron chi connectivity index (χ0n) is 11.0. The molecule has 3 heteroatoms. The predicted molar refractivity (Wildman–Crippen MR) is 84.7 cm³/mol. The lowest BCUT2D eigenvalue weighted by Gasteiger charge is -2.09. The Hall–Kier alpha value is -0.960. The van der Waals surface area contributed by atoms with Gasteiger partial charge in [0.05, 0.1) is 0 Å². The van der Waals surface area contributed by atoms with Gasteiger partial charge in [-0.1, -0.05) is 42.8 Å². The molecular formula is C16H18ClNS. The van der Waals surface area contributed by atoms with Crippen molar-refractivity contribution in [2.45, 2.75) is 30.0 Å². The quantitative estimate of drug-likeness (QED) is 0.781. The van der Waals surface area contributed by atoms with Gasteiger partial charge in [0.1, 0.15) is 0 Å². The van der Waals surface area contributed by atoms with Gasteiger partial charge in [-0.05, 0) is 41.8 Å². The molecule has 2 aromatic rings. The van der Waals surface area contributed by atoms with E-state index in [2.05, 4.69) is 43.3 Å². The van der Waals surface area contributed by atoms with E-state index in [9.17, 15) is 0 Å². The third kappa shape index (κ3) is 4.27. The number of nitrogens with two attached hydrogens (primary N) is 1. The zero-order chi connectivity index (χ0) is 13.7. The first-order valence-corrected chi connectivity index (χ1v) is 7.78. The molecule has 0 heterocycles. The van der Waals surface area contributed by atoms with E-state index in [0.29, 0.717) is 0 Å². The fourth-order valence-corrected chi connectivity index (χ4v) is 2.77. The minimum Gasteiger partial charge on any atom is -0.324 e. The van der Waals surface area contributed by atoms with Crippen molar-refractivity contribution in [3.8, 4) is 0 Å². The van der Waals surface area contributed by atoms with Crippen molar-refractivity contribution in [3.63, 3.8) is 0 Å². The molecule has 2 N–H and O–H groups in total. The Morgan fingerprint density at radius 3 is 2.26 bits per heavy atom. The summed E-state index contributed by atoms with van der Waals surface area (Å²) >= 11 is 7.69. The molecule has 0 bridgehead atoms. The van der Waals surface area contributed by atoms with Crippen LogP contribution >= 0.6 is 23.4 Å². The maximum Gasteiger partial charge on any atom is 0.0406 e. The van der Waals surface area contributed by atoms with Gasteiger partial charge in [0.2, 0.25) is 0 Å². The summed E-state index contributed by atoms with van der Waals surface area (Å²) in [6.07, 6.45) is 0.970. The van der Waals surface area contributed by atoms with E-state index in [1.165, 1.54) is 16.0 Å². The van der Waals surface area contributed by atoms with Crippen LogP contribution in [0.1, 0.15) is 30.5 Å². The van der Waals surface area contributed by atoms with Gasteiger partial charge in [-0.2, -0.15) is 0 Å². The lowest BCUT2D eigenvalue weighted by Crippen LogP contribution is -2.07. The number of halogens is 1. The predicted octanol–water partition coefficient (Wildman–Crippen LogP) is 5.04. The molecule has 0 aliphatic heterocycles. The van der Waals surface area contributed by atoms with Crippen molar-refractivity contribution < 1.29 is 0 Å². The number of hydrogen-bond acceptors (Lipinski definition) is 2. The topological polar surface area (TPSA) is 26.0 Å². The number of rotatable bonds is 5. The van der Waals surface area contributed by atoms with Crippen LogP contribution in [0.15, 0.2) is 53.4 Å². The molecule has 0 radical (unpaired) electrons. The van der Waals surface area contributed by atoms with Crippen molar-refractivity contribution in [2.75, 3.05) is 0 Å². The zero-order valence-corrected chi connectivity index (χ0v) is 12.5. The lowest BCUT2D eigenvalue weighted by atomic mass is 10.1. The average molecular weight is 292 g/mol. The summed E-state index contributed by atoms with van der Waals surface area (Å²) in [4.78, 5) is 1.27. The second-order valence-corrected chi connectivity index (χ2v) is 5.98. The minimum atomic E-state index is 0.148. The molecule has 0 saturated heterocycles. The van der Waals surface area contributed by atoms with E-state index in [0.717, 1.165) is 17.2 Å². The van der Waals surface area contributed by atoms with Gasteiger partial charge in [0.25, 0.3) is 0 Å². The van der Waals surface area contributed by atoms with Gasteiger partial charge in [0.15, 0.2) is 0 Å². The molecule has 0 fully saturated rings. The highest BCUT2D eigenvalue weighted by atomic mass is 35.5. The summed E-state index contributed by atoms with van der Waals surface area (Å²) in [6, 6.07) is 16.7. The van der Waals surface area contributed by atoms with Crippen LogP contribution in [0, 0.1) is 0 Å². The largest absolute Gasteiger partial charge is 0.324 e. The van der Waals surface area contributed by atoms with Crippen LogP contribution in [0.4, 0.5) is 0 Å². The lowest BCUT2D eigenvalue weighted by molar-refractivity contribution is 0.698.